The Bertz CT molecular complexity index is 1690. The molecule has 4 aromatic heterocycles. The second-order valence-corrected chi connectivity index (χ2v) is 12.4. The second-order valence-electron chi connectivity index (χ2n) is 12.4. The van der Waals surface area contributed by atoms with Crippen LogP contribution in [0.15, 0.2) is 134 Å². The number of pyridine rings is 2. The molecule has 4 N–H and O–H groups in total. The van der Waals surface area contributed by atoms with Crippen LogP contribution in [0.3, 0.4) is 0 Å². The summed E-state index contributed by atoms with van der Waals surface area (Å²) in [5.74, 6) is 1.28. The summed E-state index contributed by atoms with van der Waals surface area (Å²) in [6.45, 7) is 36.4. The van der Waals surface area contributed by atoms with Gasteiger partial charge in [0.25, 0.3) is 0 Å². The molecule has 2 aromatic carbocycles. The van der Waals surface area contributed by atoms with Crippen molar-refractivity contribution < 1.29 is 9.59 Å². The van der Waals surface area contributed by atoms with Gasteiger partial charge in [-0.2, -0.15) is 10.2 Å². The number of hydrogen-bond acceptors (Lipinski definition) is 6. The lowest BCUT2D eigenvalue weighted by molar-refractivity contribution is -0.118. The molecule has 4 heterocycles. The summed E-state index contributed by atoms with van der Waals surface area (Å²) < 4.78 is 0. The summed E-state index contributed by atoms with van der Waals surface area (Å²) in [4.78, 5) is 33.9. The van der Waals surface area contributed by atoms with E-state index in [4.69, 9.17) is 0 Å². The minimum absolute atomic E-state index is 0.0552. The van der Waals surface area contributed by atoms with E-state index >= 15 is 0 Å². The van der Waals surface area contributed by atoms with Crippen LogP contribution >= 0.6 is 0 Å². The van der Waals surface area contributed by atoms with Crippen molar-refractivity contribution in [2.24, 2.45) is 0 Å². The molecule has 0 saturated heterocycles. The molecule has 0 aliphatic rings. The maximum Gasteiger partial charge on any atom is 0.233 e. The van der Waals surface area contributed by atoms with Crippen molar-refractivity contribution in [2.45, 2.75) is 174 Å². The Morgan fingerprint density at radius 1 is 0.424 bits per heavy atom. The number of aromatic nitrogens is 6. The molecule has 10 heteroatoms. The van der Waals surface area contributed by atoms with E-state index in [0.29, 0.717) is 23.5 Å². The minimum atomic E-state index is -0.257. The van der Waals surface area contributed by atoms with E-state index in [2.05, 4.69) is 79.1 Å². The molecule has 0 aliphatic carbocycles. The van der Waals surface area contributed by atoms with Gasteiger partial charge in [-0.3, -0.25) is 19.8 Å². The highest BCUT2D eigenvalue weighted by Gasteiger charge is 2.24. The van der Waals surface area contributed by atoms with Gasteiger partial charge in [-0.05, 0) is 72.9 Å². The number of aromatic amines is 2. The average molecular weight is 909 g/mol. The topological polar surface area (TPSA) is 141 Å². The van der Waals surface area contributed by atoms with E-state index in [-0.39, 0.29) is 23.7 Å². The lowest BCUT2D eigenvalue weighted by Crippen LogP contribution is -2.22. The molecule has 0 spiro atoms. The first-order valence-electron chi connectivity index (χ1n) is 25.0. The second kappa shape index (κ2) is 48.6. The molecule has 0 radical (unpaired) electrons. The van der Waals surface area contributed by atoms with Crippen molar-refractivity contribution >= 4 is 23.5 Å². The first-order chi connectivity index (χ1) is 32.5. The number of H-pyrrole nitrogens is 2. The zero-order valence-electron chi connectivity index (χ0n) is 44.4. The number of nitrogens with zero attached hydrogens (tertiary/aromatic N) is 4. The number of rotatable bonds is 14. The molecule has 4 atom stereocenters. The SMILES string of the molecule is CC.CC.CC.CC.CC.CC.CC.CC.CC(CC[C@@H](C(=O)Nc1ccccn1)c1cn[nH]c1)c1ccccc1.CC(CC[C@H](C(=O)Nc1ccccn1)c1cn[nH]c1)c1ccccc1. The lowest BCUT2D eigenvalue weighted by atomic mass is 9.89. The Labute approximate surface area is 403 Å². The maximum absolute atomic E-state index is 12.8. The van der Waals surface area contributed by atoms with E-state index in [0.717, 1.165) is 36.8 Å². The van der Waals surface area contributed by atoms with Crippen molar-refractivity contribution in [3.63, 3.8) is 0 Å². The number of carbonyl (C=O) groups excluding carboxylic acids is 2. The normalized spacial score (nSPS) is 10.7. The summed E-state index contributed by atoms with van der Waals surface area (Å²) in [7, 11) is 0. The van der Waals surface area contributed by atoms with E-state index in [1.165, 1.54) is 11.1 Å². The Morgan fingerprint density at radius 2 is 0.727 bits per heavy atom. The van der Waals surface area contributed by atoms with Gasteiger partial charge in [0, 0.05) is 35.9 Å². The predicted molar refractivity (Wildman–Crippen MR) is 287 cm³/mol. The highest BCUT2D eigenvalue weighted by atomic mass is 16.2. The van der Waals surface area contributed by atoms with Gasteiger partial charge in [-0.15, -0.1) is 0 Å². The van der Waals surface area contributed by atoms with Gasteiger partial charge in [0.1, 0.15) is 11.6 Å². The molecule has 0 aliphatic heterocycles. The van der Waals surface area contributed by atoms with Gasteiger partial charge >= 0.3 is 0 Å². The fourth-order valence-electron chi connectivity index (χ4n) is 5.83. The lowest BCUT2D eigenvalue weighted by Gasteiger charge is -2.18. The number of benzene rings is 2. The first kappa shape index (κ1) is 66.7. The summed E-state index contributed by atoms with van der Waals surface area (Å²) in [5, 5.41) is 19.4. The molecular weight excluding hydrogens is 817 g/mol. The standard InChI is InChI=1S/2C20H22N4O.8C2H6/c2*1-15(16-7-3-2-4-8-16)10-11-18(17-13-22-23-14-17)20(25)24-19-9-5-6-12-21-19;8*1-2/h2*2-9,12-15,18H,10-11H2,1H3,(H,22,23)(H,21,24,25);8*1-2H3/t2*15?,18-;;;;;;;;/m10......../s1. The zero-order chi connectivity index (χ0) is 51.0. The summed E-state index contributed by atoms with van der Waals surface area (Å²) in [6, 6.07) is 31.7. The third-order valence-electron chi connectivity index (χ3n) is 8.82. The fourth-order valence-corrected chi connectivity index (χ4v) is 5.83. The van der Waals surface area contributed by atoms with E-state index in [1.54, 1.807) is 49.3 Å². The zero-order valence-corrected chi connectivity index (χ0v) is 44.4. The Hall–Kier alpha value is -5.90. The highest BCUT2D eigenvalue weighted by molar-refractivity contribution is 5.95. The number of carbonyl (C=O) groups is 2. The number of hydrogen-bond donors (Lipinski definition) is 4. The van der Waals surface area contributed by atoms with Gasteiger partial charge in [-0.25, -0.2) is 9.97 Å². The van der Waals surface area contributed by atoms with Crippen LogP contribution in [0.25, 0.3) is 0 Å². The van der Waals surface area contributed by atoms with Crippen molar-refractivity contribution in [1.82, 2.24) is 30.4 Å². The molecule has 2 unspecified atom stereocenters. The fraction of sp³-hybridized carbons (Fsp3) is 0.464. The molecule has 6 aromatic rings. The molecule has 0 saturated carbocycles. The van der Waals surface area contributed by atoms with Gasteiger partial charge < -0.3 is 10.6 Å². The number of anilines is 2. The number of nitrogens with one attached hydrogen (secondary N) is 4. The maximum atomic E-state index is 12.8. The van der Waals surface area contributed by atoms with Crippen molar-refractivity contribution in [1.29, 1.82) is 0 Å². The third-order valence-corrected chi connectivity index (χ3v) is 8.82. The third kappa shape index (κ3) is 28.1. The van der Waals surface area contributed by atoms with Gasteiger partial charge in [0.2, 0.25) is 11.8 Å². The van der Waals surface area contributed by atoms with Gasteiger partial charge in [-0.1, -0.05) is 197 Å². The molecule has 0 bridgehead atoms. The monoisotopic (exact) mass is 909 g/mol. The number of amides is 2. The quantitative estimate of drug-likeness (QED) is 0.0857. The van der Waals surface area contributed by atoms with E-state index in [9.17, 15) is 9.59 Å². The summed E-state index contributed by atoms with van der Waals surface area (Å²) in [5.41, 5.74) is 4.37. The largest absolute Gasteiger partial charge is 0.310 e. The van der Waals surface area contributed by atoms with Crippen LogP contribution in [0.2, 0.25) is 0 Å². The first-order valence-corrected chi connectivity index (χ1v) is 25.0. The van der Waals surface area contributed by atoms with Gasteiger partial charge in [0.15, 0.2) is 0 Å². The Morgan fingerprint density at radius 3 is 0.985 bits per heavy atom. The molecule has 0 fully saturated rings. The van der Waals surface area contributed by atoms with Crippen LogP contribution in [0.4, 0.5) is 11.6 Å². The highest BCUT2D eigenvalue weighted by Crippen LogP contribution is 2.30. The van der Waals surface area contributed by atoms with Gasteiger partial charge in [0.05, 0.1) is 24.2 Å². The summed E-state index contributed by atoms with van der Waals surface area (Å²) in [6.07, 6.45) is 13.7. The smallest absolute Gasteiger partial charge is 0.233 e. The molecular formula is C56H92N8O2. The van der Waals surface area contributed by atoms with Crippen LogP contribution in [0, 0.1) is 0 Å². The Balaban J connectivity index is -0.000000447. The predicted octanol–water partition coefficient (Wildman–Crippen LogP) is 16.4. The molecule has 368 valence electrons. The average Bonchev–Trinajstić information content (AvgIpc) is 4.17. The van der Waals surface area contributed by atoms with Crippen molar-refractivity contribution in [3.8, 4) is 0 Å². The molecule has 2 amide bonds. The summed E-state index contributed by atoms with van der Waals surface area (Å²) >= 11 is 0. The molecule has 6 rings (SSSR count). The van der Waals surface area contributed by atoms with Crippen LogP contribution < -0.4 is 10.6 Å². The Kier molecular flexibility index (Phi) is 49.1. The molecule has 66 heavy (non-hydrogen) atoms. The van der Waals surface area contributed by atoms with Crippen LogP contribution in [0.1, 0.15) is 196 Å². The molecule has 10 nitrogen and oxygen atoms in total. The van der Waals surface area contributed by atoms with Crippen LogP contribution in [-0.2, 0) is 9.59 Å². The van der Waals surface area contributed by atoms with Crippen molar-refractivity contribution in [2.75, 3.05) is 10.6 Å². The van der Waals surface area contributed by atoms with E-state index in [1.807, 2.05) is 171 Å². The van der Waals surface area contributed by atoms with Crippen LogP contribution in [0.5, 0.6) is 0 Å². The van der Waals surface area contributed by atoms with Crippen molar-refractivity contribution in [3.05, 3.63) is 156 Å². The van der Waals surface area contributed by atoms with Crippen LogP contribution in [-0.4, -0.2) is 42.2 Å². The minimum Gasteiger partial charge on any atom is -0.310 e. The van der Waals surface area contributed by atoms with E-state index < -0.39 is 0 Å².